The summed E-state index contributed by atoms with van der Waals surface area (Å²) in [5.74, 6) is 0.875. The molecule has 2 aliphatic carbocycles. The van der Waals surface area contributed by atoms with Crippen LogP contribution in [0.15, 0.2) is 23.4 Å². The number of benzene rings is 1. The lowest BCUT2D eigenvalue weighted by Crippen LogP contribution is -2.13. The van der Waals surface area contributed by atoms with E-state index in [-0.39, 0.29) is 5.41 Å². The second-order valence-electron chi connectivity index (χ2n) is 5.45. The minimum absolute atomic E-state index is 0.0873. The summed E-state index contributed by atoms with van der Waals surface area (Å²) in [6.07, 6.45) is 4.36. The third-order valence-electron chi connectivity index (χ3n) is 4.12. The van der Waals surface area contributed by atoms with Gasteiger partial charge in [-0.05, 0) is 31.7 Å². The molecule has 1 saturated carbocycles. The Labute approximate surface area is 112 Å². The van der Waals surface area contributed by atoms with Crippen LogP contribution in [0.25, 0.3) is 0 Å². The molecule has 4 nitrogen and oxygen atoms in total. The predicted octanol–water partition coefficient (Wildman–Crippen LogP) is 2.88. The van der Waals surface area contributed by atoms with E-state index in [4.69, 9.17) is 15.2 Å². The zero-order chi connectivity index (χ0) is 13.3. The molecule has 1 aromatic carbocycles. The highest BCUT2D eigenvalue weighted by atomic mass is 16.5. The first-order valence-electron chi connectivity index (χ1n) is 6.61. The molecule has 1 N–H and O–H groups in total. The molecule has 19 heavy (non-hydrogen) atoms. The zero-order valence-electron chi connectivity index (χ0n) is 10.7. The molecule has 1 fully saturated rings. The lowest BCUT2D eigenvalue weighted by molar-refractivity contribution is 0.235. The van der Waals surface area contributed by atoms with Gasteiger partial charge in [-0.25, -0.2) is 0 Å². The van der Waals surface area contributed by atoms with Gasteiger partial charge in [-0.3, -0.25) is 0 Å². The second kappa shape index (κ2) is 4.58. The molecule has 0 aromatic heterocycles. The van der Waals surface area contributed by atoms with Crippen molar-refractivity contribution in [2.45, 2.75) is 32.1 Å². The first-order chi connectivity index (χ1) is 9.28. The molecular formula is C15H16N2O2. The average molecular weight is 256 g/mol. The lowest BCUT2D eigenvalue weighted by atomic mass is 10.1. The number of fused-ring (bicyclic) bond motifs is 1. The van der Waals surface area contributed by atoms with Crippen molar-refractivity contribution in [1.82, 2.24) is 0 Å². The largest absolute Gasteiger partial charge is 0.493 e. The zero-order valence-corrected chi connectivity index (χ0v) is 10.7. The van der Waals surface area contributed by atoms with Gasteiger partial charge >= 0.3 is 0 Å². The maximum atomic E-state index is 8.95. The lowest BCUT2D eigenvalue weighted by Gasteiger charge is -2.15. The van der Waals surface area contributed by atoms with Crippen molar-refractivity contribution in [2.75, 3.05) is 6.61 Å². The Morgan fingerprint density at radius 2 is 2.21 bits per heavy atom. The Morgan fingerprint density at radius 1 is 1.37 bits per heavy atom. The number of nitrogens with zero attached hydrogens (tertiary/aromatic N) is 2. The highest BCUT2D eigenvalue weighted by Crippen LogP contribution is 2.49. The monoisotopic (exact) mass is 256 g/mol. The van der Waals surface area contributed by atoms with Crippen molar-refractivity contribution in [2.24, 2.45) is 10.6 Å². The van der Waals surface area contributed by atoms with Crippen LogP contribution in [-0.2, 0) is 6.42 Å². The summed E-state index contributed by atoms with van der Waals surface area (Å²) in [5, 5.41) is 21.1. The van der Waals surface area contributed by atoms with Gasteiger partial charge in [0.25, 0.3) is 0 Å². The van der Waals surface area contributed by atoms with Gasteiger partial charge < -0.3 is 9.94 Å². The molecular weight excluding hydrogens is 240 g/mol. The first kappa shape index (κ1) is 12.0. The molecule has 0 bridgehead atoms. The van der Waals surface area contributed by atoms with E-state index in [0.29, 0.717) is 13.0 Å². The Hall–Kier alpha value is -2.02. The second-order valence-corrected chi connectivity index (χ2v) is 5.45. The highest BCUT2D eigenvalue weighted by molar-refractivity contribution is 6.04. The van der Waals surface area contributed by atoms with Gasteiger partial charge in [0.1, 0.15) is 5.75 Å². The van der Waals surface area contributed by atoms with E-state index < -0.39 is 0 Å². The fourth-order valence-electron chi connectivity index (χ4n) is 2.66. The molecule has 0 saturated heterocycles. The third kappa shape index (κ3) is 2.17. The normalized spacial score (nSPS) is 20.9. The number of hydrogen-bond acceptors (Lipinski definition) is 4. The van der Waals surface area contributed by atoms with E-state index in [0.717, 1.165) is 48.3 Å². The summed E-state index contributed by atoms with van der Waals surface area (Å²) in [5.41, 5.74) is 2.94. The van der Waals surface area contributed by atoms with Gasteiger partial charge in [-0.2, -0.15) is 5.26 Å². The van der Waals surface area contributed by atoms with E-state index >= 15 is 0 Å². The SMILES string of the molecule is N#CCC1(COc2cccc3c2CCC3=NO)CC1. The van der Waals surface area contributed by atoms with E-state index in [1.165, 1.54) is 0 Å². The third-order valence-corrected chi connectivity index (χ3v) is 4.12. The topological polar surface area (TPSA) is 65.6 Å². The van der Waals surface area contributed by atoms with Crippen LogP contribution in [0.5, 0.6) is 5.75 Å². The molecule has 98 valence electrons. The minimum atomic E-state index is 0.0873. The minimum Gasteiger partial charge on any atom is -0.493 e. The Morgan fingerprint density at radius 3 is 2.89 bits per heavy atom. The van der Waals surface area contributed by atoms with Crippen molar-refractivity contribution < 1.29 is 9.94 Å². The Bertz CT molecular complexity index is 568. The van der Waals surface area contributed by atoms with Gasteiger partial charge in [-0.15, -0.1) is 0 Å². The molecule has 0 atom stereocenters. The van der Waals surface area contributed by atoms with Crippen LogP contribution in [0, 0.1) is 16.7 Å². The van der Waals surface area contributed by atoms with Crippen LogP contribution in [0.2, 0.25) is 0 Å². The predicted molar refractivity (Wildman–Crippen MR) is 70.5 cm³/mol. The Balaban J connectivity index is 1.77. The van der Waals surface area contributed by atoms with Crippen LogP contribution in [-0.4, -0.2) is 17.5 Å². The summed E-state index contributed by atoms with van der Waals surface area (Å²) in [6.45, 7) is 0.614. The van der Waals surface area contributed by atoms with Gasteiger partial charge in [0, 0.05) is 23.0 Å². The van der Waals surface area contributed by atoms with Crippen LogP contribution in [0.4, 0.5) is 0 Å². The fourth-order valence-corrected chi connectivity index (χ4v) is 2.66. The smallest absolute Gasteiger partial charge is 0.123 e. The molecule has 2 aliphatic rings. The van der Waals surface area contributed by atoms with Gasteiger partial charge in [0.15, 0.2) is 0 Å². The maximum Gasteiger partial charge on any atom is 0.123 e. The van der Waals surface area contributed by atoms with Crippen LogP contribution in [0.1, 0.15) is 36.8 Å². The quantitative estimate of drug-likeness (QED) is 0.665. The summed E-state index contributed by atoms with van der Waals surface area (Å²) in [6, 6.07) is 8.09. The number of hydrogen-bond donors (Lipinski definition) is 1. The van der Waals surface area contributed by atoms with E-state index in [9.17, 15) is 0 Å². The summed E-state index contributed by atoms with van der Waals surface area (Å²) >= 11 is 0. The van der Waals surface area contributed by atoms with Crippen molar-refractivity contribution in [1.29, 1.82) is 5.26 Å². The first-order valence-corrected chi connectivity index (χ1v) is 6.61. The number of rotatable bonds is 4. The van der Waals surface area contributed by atoms with E-state index in [1.54, 1.807) is 0 Å². The summed E-state index contributed by atoms with van der Waals surface area (Å²) in [4.78, 5) is 0. The van der Waals surface area contributed by atoms with Crippen molar-refractivity contribution in [3.05, 3.63) is 29.3 Å². The van der Waals surface area contributed by atoms with Crippen LogP contribution < -0.4 is 4.74 Å². The highest BCUT2D eigenvalue weighted by Gasteiger charge is 2.43. The summed E-state index contributed by atoms with van der Waals surface area (Å²) in [7, 11) is 0. The van der Waals surface area contributed by atoms with Crippen LogP contribution in [0.3, 0.4) is 0 Å². The van der Waals surface area contributed by atoms with Crippen molar-refractivity contribution >= 4 is 5.71 Å². The van der Waals surface area contributed by atoms with Gasteiger partial charge in [0.2, 0.25) is 0 Å². The number of nitriles is 1. The van der Waals surface area contributed by atoms with E-state index in [1.807, 2.05) is 18.2 Å². The molecule has 1 aromatic rings. The standard InChI is InChI=1S/C15H16N2O2/c16-9-8-15(6-7-15)10-19-14-3-1-2-11-12(14)4-5-13(11)17-18/h1-3,18H,4-8,10H2. The Kier molecular flexibility index (Phi) is 2.90. The number of oxime groups is 1. The molecule has 0 aliphatic heterocycles. The molecule has 4 heteroatoms. The maximum absolute atomic E-state index is 8.95. The van der Waals surface area contributed by atoms with E-state index in [2.05, 4.69) is 11.2 Å². The van der Waals surface area contributed by atoms with Gasteiger partial charge in [0.05, 0.1) is 18.4 Å². The van der Waals surface area contributed by atoms with Crippen LogP contribution >= 0.6 is 0 Å². The molecule has 0 heterocycles. The molecule has 0 unspecified atom stereocenters. The molecule has 0 amide bonds. The molecule has 0 radical (unpaired) electrons. The van der Waals surface area contributed by atoms with Crippen molar-refractivity contribution in [3.8, 4) is 11.8 Å². The molecule has 0 spiro atoms. The molecule has 3 rings (SSSR count). The average Bonchev–Trinajstić information content (AvgIpc) is 3.06. The number of ether oxygens (including phenoxy) is 1. The van der Waals surface area contributed by atoms with Gasteiger partial charge in [-0.1, -0.05) is 17.3 Å². The summed E-state index contributed by atoms with van der Waals surface area (Å²) < 4.78 is 5.93. The van der Waals surface area contributed by atoms with Crippen molar-refractivity contribution in [3.63, 3.8) is 0 Å². The fraction of sp³-hybridized carbons (Fsp3) is 0.467.